The van der Waals surface area contributed by atoms with Gasteiger partial charge in [0.15, 0.2) is 11.7 Å². The largest absolute Gasteiger partial charge is 0.409 e. The Kier molecular flexibility index (Phi) is 4.95. The van der Waals surface area contributed by atoms with E-state index in [9.17, 15) is 0 Å². The van der Waals surface area contributed by atoms with Gasteiger partial charge in [-0.2, -0.15) is 5.10 Å². The van der Waals surface area contributed by atoms with E-state index in [1.54, 1.807) is 0 Å². The van der Waals surface area contributed by atoms with Gasteiger partial charge in [0.2, 0.25) is 0 Å². The quantitative estimate of drug-likeness (QED) is 0.373. The first-order valence-electron chi connectivity index (χ1n) is 7.15. The molecule has 1 fully saturated rings. The Morgan fingerprint density at radius 2 is 2.24 bits per heavy atom. The number of anilines is 1. The normalized spacial score (nSPS) is 19.6. The van der Waals surface area contributed by atoms with Crippen LogP contribution in [-0.4, -0.2) is 48.0 Å². The number of hydrogen-bond acceptors (Lipinski definition) is 6. The highest BCUT2D eigenvalue weighted by atomic mass is 16.5. The van der Waals surface area contributed by atoms with Crippen molar-refractivity contribution in [2.24, 2.45) is 16.8 Å². The highest BCUT2D eigenvalue weighted by Gasteiger charge is 2.22. The van der Waals surface area contributed by atoms with Gasteiger partial charge in [-0.3, -0.25) is 0 Å². The molecule has 1 aliphatic rings. The van der Waals surface area contributed by atoms with Gasteiger partial charge < -0.3 is 20.6 Å². The lowest BCUT2D eigenvalue weighted by Gasteiger charge is -2.28. The van der Waals surface area contributed by atoms with Crippen molar-refractivity contribution < 1.29 is 9.94 Å². The predicted octanol–water partition coefficient (Wildman–Crippen LogP) is 1.05. The summed E-state index contributed by atoms with van der Waals surface area (Å²) in [4.78, 5) is 2.01. The van der Waals surface area contributed by atoms with Gasteiger partial charge in [0.1, 0.15) is 0 Å². The summed E-state index contributed by atoms with van der Waals surface area (Å²) >= 11 is 0. The zero-order valence-electron chi connectivity index (χ0n) is 12.8. The number of hydrogen-bond donors (Lipinski definition) is 2. The second kappa shape index (κ2) is 6.71. The molecule has 0 radical (unpaired) electrons. The summed E-state index contributed by atoms with van der Waals surface area (Å²) in [6.45, 7) is 6.18. The van der Waals surface area contributed by atoms with Crippen LogP contribution in [0.3, 0.4) is 0 Å². The fourth-order valence-corrected chi connectivity index (χ4v) is 2.64. The lowest BCUT2D eigenvalue weighted by molar-refractivity contribution is 0.0576. The third kappa shape index (κ3) is 3.41. The monoisotopic (exact) mass is 293 g/mol. The molecule has 1 aliphatic heterocycles. The van der Waals surface area contributed by atoms with Crippen LogP contribution in [0.4, 0.5) is 5.82 Å². The fourth-order valence-electron chi connectivity index (χ4n) is 2.64. The molecule has 1 aromatic heterocycles. The van der Waals surface area contributed by atoms with Crippen molar-refractivity contribution in [1.29, 1.82) is 0 Å². The number of oxime groups is 1. The van der Waals surface area contributed by atoms with Gasteiger partial charge in [0.05, 0.1) is 17.9 Å². The van der Waals surface area contributed by atoms with E-state index in [4.69, 9.17) is 15.7 Å². The van der Waals surface area contributed by atoms with Gasteiger partial charge >= 0.3 is 0 Å². The summed E-state index contributed by atoms with van der Waals surface area (Å²) in [5.74, 6) is 1.17. The van der Waals surface area contributed by atoms with Crippen molar-refractivity contribution in [3.05, 3.63) is 16.8 Å². The van der Waals surface area contributed by atoms with E-state index in [0.717, 1.165) is 43.9 Å². The molecule has 0 amide bonds. The Morgan fingerprint density at radius 3 is 2.86 bits per heavy atom. The fraction of sp³-hybridized carbons (Fsp3) is 0.643. The third-order valence-electron chi connectivity index (χ3n) is 3.95. The van der Waals surface area contributed by atoms with Crippen molar-refractivity contribution in [2.75, 3.05) is 31.7 Å². The zero-order valence-corrected chi connectivity index (χ0v) is 12.8. The summed E-state index contributed by atoms with van der Waals surface area (Å²) in [7, 11) is 1.95. The van der Waals surface area contributed by atoms with Crippen LogP contribution in [0.5, 0.6) is 0 Å². The van der Waals surface area contributed by atoms with Gasteiger partial charge in [0.25, 0.3) is 0 Å². The van der Waals surface area contributed by atoms with Crippen LogP contribution in [0.2, 0.25) is 0 Å². The molecule has 116 valence electrons. The van der Waals surface area contributed by atoms with Crippen LogP contribution < -0.4 is 10.6 Å². The van der Waals surface area contributed by atoms with Gasteiger partial charge in [-0.05, 0) is 38.2 Å². The Bertz CT molecular complexity index is 526. The minimum Gasteiger partial charge on any atom is -0.409 e. The number of nitrogens with zero attached hydrogens (tertiary/aromatic N) is 4. The summed E-state index contributed by atoms with van der Waals surface area (Å²) < 4.78 is 5.51. The third-order valence-corrected chi connectivity index (χ3v) is 3.95. The molecule has 0 bridgehead atoms. The summed E-state index contributed by atoms with van der Waals surface area (Å²) in [5.41, 5.74) is 8.11. The highest BCUT2D eigenvalue weighted by molar-refractivity contribution is 6.02. The molecule has 7 nitrogen and oxygen atoms in total. The Labute approximate surface area is 124 Å². The summed E-state index contributed by atoms with van der Waals surface area (Å²) in [6, 6.07) is 0. The van der Waals surface area contributed by atoms with E-state index in [1.807, 2.05) is 25.8 Å². The number of rotatable bonds is 4. The van der Waals surface area contributed by atoms with Crippen LogP contribution in [0.15, 0.2) is 5.16 Å². The van der Waals surface area contributed by atoms with Crippen LogP contribution >= 0.6 is 0 Å². The molecule has 3 N–H and O–H groups in total. The van der Waals surface area contributed by atoms with Crippen molar-refractivity contribution in [3.63, 3.8) is 0 Å². The van der Waals surface area contributed by atoms with Gasteiger partial charge in [-0.25, -0.2) is 0 Å². The summed E-state index contributed by atoms with van der Waals surface area (Å²) in [6.07, 6.45) is 2.23. The van der Waals surface area contributed by atoms with Crippen molar-refractivity contribution in [3.8, 4) is 0 Å². The summed E-state index contributed by atoms with van der Waals surface area (Å²) in [5, 5.41) is 20.5. The van der Waals surface area contributed by atoms with E-state index in [2.05, 4.69) is 15.4 Å². The Balaban J connectivity index is 2.27. The lowest BCUT2D eigenvalue weighted by Crippen LogP contribution is -2.33. The molecular weight excluding hydrogens is 270 g/mol. The van der Waals surface area contributed by atoms with Gasteiger partial charge in [0, 0.05) is 20.2 Å². The molecule has 1 atom stereocenters. The molecule has 2 rings (SSSR count). The van der Waals surface area contributed by atoms with E-state index in [1.165, 1.54) is 0 Å². The van der Waals surface area contributed by atoms with E-state index in [-0.39, 0.29) is 5.84 Å². The number of nitrogens with two attached hydrogens (primary N) is 1. The molecule has 0 spiro atoms. The van der Waals surface area contributed by atoms with Crippen LogP contribution in [0, 0.1) is 19.8 Å². The Morgan fingerprint density at radius 1 is 1.48 bits per heavy atom. The first-order chi connectivity index (χ1) is 10.0. The highest BCUT2D eigenvalue weighted by Crippen LogP contribution is 2.23. The maximum Gasteiger partial charge on any atom is 0.174 e. The molecular formula is C14H23N5O2. The van der Waals surface area contributed by atoms with E-state index < -0.39 is 0 Å². The SMILES string of the molecule is Cc1nnc(N(C)CC2CCCOC2)c(C(N)=NO)c1C. The molecule has 21 heavy (non-hydrogen) atoms. The zero-order chi connectivity index (χ0) is 15.4. The topological polar surface area (TPSA) is 96.9 Å². The minimum atomic E-state index is 0.0623. The average Bonchev–Trinajstić information content (AvgIpc) is 2.50. The van der Waals surface area contributed by atoms with Gasteiger partial charge in [-0.1, -0.05) is 5.16 Å². The van der Waals surface area contributed by atoms with Crippen LogP contribution in [0.1, 0.15) is 29.7 Å². The minimum absolute atomic E-state index is 0.0623. The Hall–Kier alpha value is -1.89. The molecule has 1 unspecified atom stereocenters. The molecule has 0 aromatic carbocycles. The van der Waals surface area contributed by atoms with Crippen molar-refractivity contribution in [1.82, 2.24) is 10.2 Å². The molecule has 0 aliphatic carbocycles. The standard InChI is InChI=1S/C14H23N5O2/c1-9-10(2)16-17-14(12(9)13(15)18-20)19(3)7-11-5-4-6-21-8-11/h11,20H,4-8H2,1-3H3,(H2,15,18). The van der Waals surface area contributed by atoms with Crippen LogP contribution in [0.25, 0.3) is 0 Å². The van der Waals surface area contributed by atoms with Gasteiger partial charge in [-0.15, -0.1) is 5.10 Å². The molecule has 1 saturated heterocycles. The number of aryl methyl sites for hydroxylation is 1. The molecule has 7 heteroatoms. The molecule has 2 heterocycles. The average molecular weight is 293 g/mol. The number of amidine groups is 1. The smallest absolute Gasteiger partial charge is 0.174 e. The maximum atomic E-state index is 9.01. The van der Waals surface area contributed by atoms with E-state index in [0.29, 0.717) is 17.3 Å². The first-order valence-corrected chi connectivity index (χ1v) is 7.15. The van der Waals surface area contributed by atoms with Crippen LogP contribution in [-0.2, 0) is 4.74 Å². The molecule has 1 aromatic rings. The maximum absolute atomic E-state index is 9.01. The number of aromatic nitrogens is 2. The van der Waals surface area contributed by atoms with Crippen molar-refractivity contribution in [2.45, 2.75) is 26.7 Å². The lowest BCUT2D eigenvalue weighted by atomic mass is 10.0. The second-order valence-electron chi connectivity index (χ2n) is 5.56. The molecule has 0 saturated carbocycles. The van der Waals surface area contributed by atoms with E-state index >= 15 is 0 Å². The van der Waals surface area contributed by atoms with Crippen molar-refractivity contribution >= 4 is 11.7 Å². The predicted molar refractivity (Wildman–Crippen MR) is 80.8 cm³/mol. The first kappa shape index (κ1) is 15.5. The second-order valence-corrected chi connectivity index (χ2v) is 5.56. The number of ether oxygens (including phenoxy) is 1.